The zero-order chi connectivity index (χ0) is 99.5. The topological polar surface area (TPSA) is 19.6 Å². The third-order valence-electron chi connectivity index (χ3n) is 35.3. The van der Waals surface area contributed by atoms with Crippen LogP contribution in [-0.2, 0) is 27.1 Å². The van der Waals surface area contributed by atoms with Gasteiger partial charge in [-0.3, -0.25) is 0 Å². The van der Waals surface area contributed by atoms with Gasteiger partial charge in [0.2, 0.25) is 0 Å². The van der Waals surface area contributed by atoms with Crippen molar-refractivity contribution in [2.75, 3.05) is 9.80 Å². The van der Waals surface area contributed by atoms with Crippen LogP contribution in [-0.4, -0.2) is 0 Å². The quantitative estimate of drug-likeness (QED) is 0.115. The van der Waals surface area contributed by atoms with Gasteiger partial charge in [-0.15, -0.1) is 0 Å². The van der Waals surface area contributed by atoms with Gasteiger partial charge in [0.1, 0.15) is 5.58 Å². The molecule has 0 bridgehead atoms. The standard InChI is InChI=1S/C147H100N2O/c1-143(2)122-47-22-15-38-110(122)115-73-70-105(88-135(115)143)148(103-66-59-91(60-67-103)89-31-9-7-10-32-89)106-81-99(79-100(82-106)97-63-71-119-133(86-97)144(3,4)129-74-76-131-140(138(119)129)117-43-20-27-52-127(117)146(131)123-48-23-16-39-111(123)112-40-17-24-49-124(112)146)94-57-55-93(56-58-94)96-65-78-137-121(85-96)116-46-30-54-136(142(116)150-137)149(104-68-61-92(62-69-104)90-33-11-8-12-34-90)107-83-101(80-102(84-107)109-45-29-36-95-35-13-14-37-108(95)109)98-64-72-120-134(87-98)145(5,6)130-75-77-132-141(139(120)130)118-44-21-28-53-128(118)147(132)125-50-25-18-41-113(125)114-42-19-26-51-126(114)147/h7-88H,1-6H3. The van der Waals surface area contributed by atoms with E-state index in [-0.39, 0.29) is 16.2 Å². The van der Waals surface area contributed by atoms with E-state index in [1.807, 2.05) is 0 Å². The van der Waals surface area contributed by atoms with Crippen LogP contribution < -0.4 is 9.80 Å². The average Bonchev–Trinajstić information content (AvgIpc) is 1.50. The maximum absolute atomic E-state index is 7.47. The average molecular weight is 1910 g/mol. The Labute approximate surface area is 874 Å². The largest absolute Gasteiger partial charge is 0.454 e. The third-order valence-corrected chi connectivity index (χ3v) is 35.3. The van der Waals surface area contributed by atoms with Crippen molar-refractivity contribution in [1.82, 2.24) is 0 Å². The van der Waals surface area contributed by atoms with E-state index in [1.165, 1.54) is 178 Å². The number of para-hydroxylation sites is 1. The lowest BCUT2D eigenvalue weighted by Gasteiger charge is -2.31. The molecule has 0 N–H and O–H groups in total. The van der Waals surface area contributed by atoms with Crippen LogP contribution in [0.2, 0.25) is 0 Å². The summed E-state index contributed by atoms with van der Waals surface area (Å²) in [5.74, 6) is 0. The Hall–Kier alpha value is -18.3. The molecule has 7 aliphatic carbocycles. The van der Waals surface area contributed by atoms with Crippen LogP contribution >= 0.6 is 0 Å². The van der Waals surface area contributed by atoms with E-state index in [2.05, 4.69) is 549 Å². The molecule has 0 aliphatic heterocycles. The fourth-order valence-corrected chi connectivity index (χ4v) is 28.4. The first-order chi connectivity index (χ1) is 73.6. The van der Waals surface area contributed by atoms with Crippen molar-refractivity contribution in [1.29, 1.82) is 0 Å². The Morgan fingerprint density at radius 2 is 0.473 bits per heavy atom. The molecule has 0 amide bonds. The number of hydrogen-bond acceptors (Lipinski definition) is 3. The number of hydrogen-bond donors (Lipinski definition) is 0. The summed E-state index contributed by atoms with van der Waals surface area (Å²) in [7, 11) is 0. The smallest absolute Gasteiger partial charge is 0.159 e. The van der Waals surface area contributed by atoms with Crippen LogP contribution in [0.4, 0.5) is 34.1 Å². The Morgan fingerprint density at radius 3 is 1.00 bits per heavy atom. The van der Waals surface area contributed by atoms with Gasteiger partial charge in [-0.05, 0) is 348 Å². The molecule has 3 heteroatoms. The van der Waals surface area contributed by atoms with Gasteiger partial charge in [-0.1, -0.05) is 436 Å². The summed E-state index contributed by atoms with van der Waals surface area (Å²) < 4.78 is 7.47. The van der Waals surface area contributed by atoms with Crippen LogP contribution in [0.3, 0.4) is 0 Å². The van der Waals surface area contributed by atoms with Crippen LogP contribution in [0.15, 0.2) is 502 Å². The lowest BCUT2D eigenvalue weighted by atomic mass is 9.70. The van der Waals surface area contributed by atoms with Gasteiger partial charge in [-0.2, -0.15) is 0 Å². The molecule has 0 fully saturated rings. The molecular formula is C147H100N2O. The summed E-state index contributed by atoms with van der Waals surface area (Å²) in [5.41, 5.74) is 59.2. The molecule has 150 heavy (non-hydrogen) atoms. The first-order valence-corrected chi connectivity index (χ1v) is 52.9. The van der Waals surface area contributed by atoms with Crippen molar-refractivity contribution < 1.29 is 4.42 Å². The molecule has 31 rings (SSSR count). The van der Waals surface area contributed by atoms with E-state index < -0.39 is 10.8 Å². The monoisotopic (exact) mass is 1910 g/mol. The Bertz CT molecular complexity index is 9820. The van der Waals surface area contributed by atoms with Gasteiger partial charge in [0.25, 0.3) is 0 Å². The molecule has 0 saturated carbocycles. The van der Waals surface area contributed by atoms with E-state index in [4.69, 9.17) is 4.42 Å². The highest BCUT2D eigenvalue weighted by molar-refractivity contribution is 6.13. The second kappa shape index (κ2) is 31.9. The lowest BCUT2D eigenvalue weighted by molar-refractivity contribution is 0.660. The molecular weight excluding hydrogens is 1810 g/mol. The van der Waals surface area contributed by atoms with E-state index in [0.717, 1.165) is 123 Å². The van der Waals surface area contributed by atoms with Crippen LogP contribution in [0, 0.1) is 0 Å². The third kappa shape index (κ3) is 12.1. The van der Waals surface area contributed by atoms with E-state index in [1.54, 1.807) is 0 Å². The van der Waals surface area contributed by atoms with Crippen LogP contribution in [0.1, 0.15) is 119 Å². The number of fused-ring (bicyclic) bond motifs is 35. The minimum Gasteiger partial charge on any atom is -0.454 e. The van der Waals surface area contributed by atoms with Gasteiger partial charge < -0.3 is 14.2 Å². The minimum absolute atomic E-state index is 0.239. The second-order valence-electron chi connectivity index (χ2n) is 43.9. The van der Waals surface area contributed by atoms with Crippen molar-refractivity contribution in [3.63, 3.8) is 0 Å². The summed E-state index contributed by atoms with van der Waals surface area (Å²) in [4.78, 5) is 4.96. The van der Waals surface area contributed by atoms with E-state index >= 15 is 0 Å². The van der Waals surface area contributed by atoms with Gasteiger partial charge in [0, 0.05) is 55.5 Å². The molecule has 3 nitrogen and oxygen atoms in total. The Balaban J connectivity index is 0.547. The van der Waals surface area contributed by atoms with Crippen molar-refractivity contribution in [3.8, 4) is 156 Å². The SMILES string of the molecule is CC1(C)c2ccccc2-c2ccc(N(c3ccc(-c4ccccc4)cc3)c3cc(-c4ccc(-c5ccc6oc7c(N(c8ccc(-c9ccccc9)cc8)c8cc(-c9ccc%10c(c9)C(C)(C)c9ccc%11c(c9-%10)-c9ccccc9C%119c%10ccccc%10-c%10ccccc%109)cc(-c9cccc%10ccccc9%10)c8)cccc7c6c5)cc4)cc(-c4ccc5c(c4)C(C)(C)c4ccc6c(c4-5)-c4ccccc4C64c5ccccc5-c5ccccc54)c3)cc21. The maximum Gasteiger partial charge on any atom is 0.159 e. The van der Waals surface area contributed by atoms with Gasteiger partial charge >= 0.3 is 0 Å². The second-order valence-corrected chi connectivity index (χ2v) is 43.9. The molecule has 0 saturated heterocycles. The predicted octanol–water partition coefficient (Wildman–Crippen LogP) is 39.0. The van der Waals surface area contributed by atoms with Gasteiger partial charge in [-0.25, -0.2) is 0 Å². The Morgan fingerprint density at radius 1 is 0.160 bits per heavy atom. The van der Waals surface area contributed by atoms with E-state index in [9.17, 15) is 0 Å². The van der Waals surface area contributed by atoms with E-state index in [0.29, 0.717) is 0 Å². The molecule has 24 aromatic rings. The number of nitrogens with zero attached hydrogens (tertiary/aromatic N) is 2. The molecule has 1 heterocycles. The molecule has 2 spiro atoms. The van der Waals surface area contributed by atoms with Crippen molar-refractivity contribution in [2.24, 2.45) is 0 Å². The maximum atomic E-state index is 7.47. The highest BCUT2D eigenvalue weighted by atomic mass is 16.3. The number of anilines is 6. The number of benzene rings is 23. The molecule has 7 aliphatic rings. The summed E-state index contributed by atoms with van der Waals surface area (Å²) in [5, 5.41) is 4.45. The summed E-state index contributed by atoms with van der Waals surface area (Å²) in [6, 6.07) is 189. The fraction of sp³-hybridized carbons (Fsp3) is 0.0748. The minimum atomic E-state index is -0.457. The number of rotatable bonds is 13. The first kappa shape index (κ1) is 86.1. The highest BCUT2D eigenvalue weighted by Crippen LogP contribution is 2.70. The zero-order valence-corrected chi connectivity index (χ0v) is 84.1. The van der Waals surface area contributed by atoms with Crippen molar-refractivity contribution in [3.05, 3.63) is 575 Å². The van der Waals surface area contributed by atoms with Crippen molar-refractivity contribution in [2.45, 2.75) is 68.6 Å². The normalized spacial score (nSPS) is 14.5. The van der Waals surface area contributed by atoms with Crippen LogP contribution in [0.5, 0.6) is 0 Å². The fourth-order valence-electron chi connectivity index (χ4n) is 28.4. The Kier molecular flexibility index (Phi) is 18.3. The molecule has 0 radical (unpaired) electrons. The summed E-state index contributed by atoms with van der Waals surface area (Å²) in [6.45, 7) is 14.6. The van der Waals surface area contributed by atoms with Gasteiger partial charge in [0.15, 0.2) is 5.58 Å². The number of furan rings is 1. The molecule has 1 aromatic heterocycles. The molecule has 23 aromatic carbocycles. The highest BCUT2D eigenvalue weighted by Gasteiger charge is 2.56. The summed E-state index contributed by atoms with van der Waals surface area (Å²) in [6.07, 6.45) is 0. The molecule has 0 unspecified atom stereocenters. The predicted molar refractivity (Wildman–Crippen MR) is 624 cm³/mol. The molecule has 0 atom stereocenters. The summed E-state index contributed by atoms with van der Waals surface area (Å²) >= 11 is 0. The first-order valence-electron chi connectivity index (χ1n) is 52.9. The van der Waals surface area contributed by atoms with Gasteiger partial charge in [0.05, 0.1) is 16.5 Å². The molecule has 704 valence electrons. The van der Waals surface area contributed by atoms with Crippen molar-refractivity contribution >= 4 is 66.8 Å². The zero-order valence-electron chi connectivity index (χ0n) is 84.1. The van der Waals surface area contributed by atoms with Crippen LogP contribution in [0.25, 0.3) is 188 Å². The lowest BCUT2D eigenvalue weighted by Crippen LogP contribution is -2.26.